The summed E-state index contributed by atoms with van der Waals surface area (Å²) in [6.07, 6.45) is 1.12. The summed E-state index contributed by atoms with van der Waals surface area (Å²) in [6.45, 7) is 3.44. The van der Waals surface area contributed by atoms with Crippen LogP contribution in [0.15, 0.2) is 6.33 Å². The Balaban J connectivity index is 2.74. The van der Waals surface area contributed by atoms with Crippen LogP contribution in [0.5, 0.6) is 0 Å². The smallest absolute Gasteiger partial charge is 0.354 e. The minimum absolute atomic E-state index is 0.0315. The highest BCUT2D eigenvalue weighted by Gasteiger charge is 2.23. The van der Waals surface area contributed by atoms with E-state index in [1.165, 1.54) is 7.05 Å². The zero-order valence-corrected chi connectivity index (χ0v) is 10.9. The first-order valence-electron chi connectivity index (χ1n) is 5.64. The van der Waals surface area contributed by atoms with Crippen LogP contribution in [-0.2, 0) is 4.79 Å². The molecule has 0 fully saturated rings. The Labute approximate surface area is 109 Å². The summed E-state index contributed by atoms with van der Waals surface area (Å²) in [5.41, 5.74) is -0.506. The number of hydrogen-bond donors (Lipinski definition) is 3. The van der Waals surface area contributed by atoms with Gasteiger partial charge in [-0.05, 0) is 13.8 Å². The normalized spacial score (nSPS) is 10.3. The van der Waals surface area contributed by atoms with E-state index in [0.717, 1.165) is 11.2 Å². The molecule has 1 aromatic rings. The van der Waals surface area contributed by atoms with E-state index in [-0.39, 0.29) is 29.9 Å². The molecular weight excluding hydrogens is 252 g/mol. The molecule has 1 heterocycles. The zero-order chi connectivity index (χ0) is 14.6. The summed E-state index contributed by atoms with van der Waals surface area (Å²) in [5, 5.41) is 11.5. The maximum absolute atomic E-state index is 12.0. The zero-order valence-electron chi connectivity index (χ0n) is 10.9. The third-order valence-corrected chi connectivity index (χ3v) is 2.23. The molecule has 0 spiro atoms. The van der Waals surface area contributed by atoms with E-state index in [1.807, 2.05) is 0 Å². The topological polar surface area (TPSA) is 115 Å². The van der Waals surface area contributed by atoms with E-state index in [2.05, 4.69) is 15.3 Å². The van der Waals surface area contributed by atoms with Gasteiger partial charge in [0.1, 0.15) is 0 Å². The van der Waals surface area contributed by atoms with Gasteiger partial charge in [-0.3, -0.25) is 9.59 Å². The lowest BCUT2D eigenvalue weighted by Gasteiger charge is -2.17. The van der Waals surface area contributed by atoms with Crippen LogP contribution in [0.1, 0.15) is 34.8 Å². The van der Waals surface area contributed by atoms with E-state index >= 15 is 0 Å². The average molecular weight is 268 g/mol. The Morgan fingerprint density at radius 1 is 1.47 bits per heavy atom. The van der Waals surface area contributed by atoms with E-state index < -0.39 is 11.9 Å². The Kier molecular flexibility index (Phi) is 4.62. The number of carbonyl (C=O) groups is 3. The van der Waals surface area contributed by atoms with E-state index in [1.54, 1.807) is 13.8 Å². The van der Waals surface area contributed by atoms with Crippen molar-refractivity contribution in [3.63, 3.8) is 0 Å². The summed E-state index contributed by atoms with van der Waals surface area (Å²) >= 11 is 0. The molecule has 8 nitrogen and oxygen atoms in total. The Bertz CT molecular complexity index is 495. The van der Waals surface area contributed by atoms with Gasteiger partial charge in [0.25, 0.3) is 5.91 Å². The van der Waals surface area contributed by atoms with Crippen molar-refractivity contribution in [2.24, 2.45) is 0 Å². The summed E-state index contributed by atoms with van der Waals surface area (Å²) in [7, 11) is 1.41. The molecule has 19 heavy (non-hydrogen) atoms. The first-order valence-corrected chi connectivity index (χ1v) is 5.64. The average Bonchev–Trinajstić information content (AvgIpc) is 2.75. The summed E-state index contributed by atoms with van der Waals surface area (Å²) < 4.78 is 0. The molecule has 0 aromatic carbocycles. The molecule has 0 atom stereocenters. The maximum Gasteiger partial charge on any atom is 0.354 e. The fourth-order valence-electron chi connectivity index (χ4n) is 1.46. The Morgan fingerprint density at radius 2 is 2.11 bits per heavy atom. The van der Waals surface area contributed by atoms with E-state index in [4.69, 9.17) is 5.11 Å². The summed E-state index contributed by atoms with van der Waals surface area (Å²) in [6, 6.07) is -0.0315. The van der Waals surface area contributed by atoms with E-state index in [0.29, 0.717) is 0 Å². The van der Waals surface area contributed by atoms with Gasteiger partial charge in [-0.2, -0.15) is 0 Å². The second-order valence-corrected chi connectivity index (χ2v) is 4.31. The molecule has 0 saturated carbocycles. The second kappa shape index (κ2) is 5.98. The van der Waals surface area contributed by atoms with Crippen LogP contribution in [0.25, 0.3) is 0 Å². The quantitative estimate of drug-likeness (QED) is 0.678. The first kappa shape index (κ1) is 14.7. The number of carboxylic acids is 1. The van der Waals surface area contributed by atoms with Crippen LogP contribution >= 0.6 is 0 Å². The molecule has 3 N–H and O–H groups in total. The Hall–Kier alpha value is -2.38. The first-order chi connectivity index (χ1) is 8.82. The van der Waals surface area contributed by atoms with Gasteiger partial charge in [0, 0.05) is 13.1 Å². The summed E-state index contributed by atoms with van der Waals surface area (Å²) in [4.78, 5) is 41.5. The number of H-pyrrole nitrogens is 1. The summed E-state index contributed by atoms with van der Waals surface area (Å²) in [5.74, 6) is -2.23. The monoisotopic (exact) mass is 268 g/mol. The number of rotatable bonds is 5. The van der Waals surface area contributed by atoms with E-state index in [9.17, 15) is 14.4 Å². The minimum Gasteiger partial charge on any atom is -0.477 e. The Morgan fingerprint density at radius 3 is 2.63 bits per heavy atom. The molecular formula is C11H16N4O4. The molecule has 0 unspecified atom stereocenters. The largest absolute Gasteiger partial charge is 0.477 e. The van der Waals surface area contributed by atoms with Crippen molar-refractivity contribution in [3.05, 3.63) is 17.7 Å². The standard InChI is InChI=1S/C11H16N4O4/c1-6(2)14-7(16)4-15(3)10(17)8-9(11(18)19)13-5-12-8/h5-6H,4H2,1-3H3,(H,12,13)(H,14,16)(H,18,19). The van der Waals surface area contributed by atoms with Gasteiger partial charge in [-0.1, -0.05) is 0 Å². The van der Waals surface area contributed by atoms with Crippen molar-refractivity contribution < 1.29 is 19.5 Å². The molecule has 1 rings (SSSR count). The van der Waals surface area contributed by atoms with Gasteiger partial charge in [0.2, 0.25) is 5.91 Å². The molecule has 1 aromatic heterocycles. The van der Waals surface area contributed by atoms with Crippen LogP contribution in [0, 0.1) is 0 Å². The number of likely N-dealkylation sites (N-methyl/N-ethyl adjacent to an activating group) is 1. The van der Waals surface area contributed by atoms with Crippen LogP contribution < -0.4 is 5.32 Å². The molecule has 0 bridgehead atoms. The molecule has 8 heteroatoms. The number of nitrogens with one attached hydrogen (secondary N) is 2. The van der Waals surface area contributed by atoms with Crippen molar-refractivity contribution in [1.29, 1.82) is 0 Å². The van der Waals surface area contributed by atoms with Crippen LogP contribution in [0.3, 0.4) is 0 Å². The van der Waals surface area contributed by atoms with Crippen LogP contribution in [0.2, 0.25) is 0 Å². The van der Waals surface area contributed by atoms with Gasteiger partial charge < -0.3 is 20.3 Å². The number of aromatic nitrogens is 2. The maximum atomic E-state index is 12.0. The van der Waals surface area contributed by atoms with Gasteiger partial charge in [0.05, 0.1) is 12.9 Å². The molecule has 2 amide bonds. The number of nitrogens with zero attached hydrogens (tertiary/aromatic N) is 2. The third kappa shape index (κ3) is 3.80. The van der Waals surface area contributed by atoms with Gasteiger partial charge >= 0.3 is 5.97 Å². The number of aromatic amines is 1. The van der Waals surface area contributed by atoms with Gasteiger partial charge in [-0.25, -0.2) is 9.78 Å². The van der Waals surface area contributed by atoms with Crippen LogP contribution in [0.4, 0.5) is 0 Å². The fourth-order valence-corrected chi connectivity index (χ4v) is 1.46. The van der Waals surface area contributed by atoms with Crippen molar-refractivity contribution in [1.82, 2.24) is 20.2 Å². The number of imidazole rings is 1. The van der Waals surface area contributed by atoms with Crippen LogP contribution in [-0.4, -0.2) is 57.4 Å². The number of aromatic carboxylic acids is 1. The molecule has 0 aliphatic rings. The van der Waals surface area contributed by atoms with Gasteiger partial charge in [0.15, 0.2) is 11.4 Å². The molecule has 104 valence electrons. The number of amides is 2. The number of carbonyl (C=O) groups excluding carboxylic acids is 2. The lowest BCUT2D eigenvalue weighted by Crippen LogP contribution is -2.41. The predicted molar refractivity (Wildman–Crippen MR) is 65.8 cm³/mol. The minimum atomic E-state index is -1.28. The highest BCUT2D eigenvalue weighted by atomic mass is 16.4. The molecule has 0 radical (unpaired) electrons. The SMILES string of the molecule is CC(C)NC(=O)CN(C)C(=O)c1nc[nH]c1C(=O)O. The van der Waals surface area contributed by atoms with Crippen molar-refractivity contribution in [2.75, 3.05) is 13.6 Å². The fraction of sp³-hybridized carbons (Fsp3) is 0.455. The highest BCUT2D eigenvalue weighted by molar-refractivity contribution is 6.03. The lowest BCUT2D eigenvalue weighted by molar-refractivity contribution is -0.122. The highest BCUT2D eigenvalue weighted by Crippen LogP contribution is 2.06. The van der Waals surface area contributed by atoms with Gasteiger partial charge in [-0.15, -0.1) is 0 Å². The molecule has 0 aliphatic carbocycles. The molecule has 0 saturated heterocycles. The predicted octanol–water partition coefficient (Wildman–Crippen LogP) is -0.295. The third-order valence-electron chi connectivity index (χ3n) is 2.23. The molecule has 0 aliphatic heterocycles. The number of carboxylic acid groups (broad SMARTS) is 1. The van der Waals surface area contributed by atoms with Crippen molar-refractivity contribution in [2.45, 2.75) is 19.9 Å². The number of hydrogen-bond acceptors (Lipinski definition) is 4. The van der Waals surface area contributed by atoms with Crippen molar-refractivity contribution in [3.8, 4) is 0 Å². The van der Waals surface area contributed by atoms with Crippen molar-refractivity contribution >= 4 is 17.8 Å². The lowest BCUT2D eigenvalue weighted by atomic mass is 10.3. The second-order valence-electron chi connectivity index (χ2n) is 4.31.